The lowest BCUT2D eigenvalue weighted by Gasteiger charge is -2.27. The largest absolute Gasteiger partial charge is 0.457 e. The van der Waals surface area contributed by atoms with Gasteiger partial charge in [0.15, 0.2) is 0 Å². The lowest BCUT2D eigenvalue weighted by molar-refractivity contribution is -0.112. The number of benzene rings is 3. The first kappa shape index (κ1) is 20.7. The fraction of sp³-hybridized carbons (Fsp3) is 0.192. The molecule has 3 aromatic carbocycles. The van der Waals surface area contributed by atoms with Crippen molar-refractivity contribution < 1.29 is 19.5 Å². The summed E-state index contributed by atoms with van der Waals surface area (Å²) >= 11 is 0. The highest BCUT2D eigenvalue weighted by Gasteiger charge is 2.32. The average Bonchev–Trinajstić information content (AvgIpc) is 3.26. The molecule has 0 saturated heterocycles. The molecule has 0 fully saturated rings. The van der Waals surface area contributed by atoms with Crippen LogP contribution in [0.2, 0.25) is 0 Å². The summed E-state index contributed by atoms with van der Waals surface area (Å²) in [6.07, 6.45) is 4.57. The second-order valence-electron chi connectivity index (χ2n) is 7.55. The Balaban J connectivity index is 1.36. The highest BCUT2D eigenvalue weighted by molar-refractivity contribution is 5.66. The van der Waals surface area contributed by atoms with E-state index in [0.29, 0.717) is 12.8 Å². The number of ether oxygens (including phenoxy) is 2. The molecule has 0 aliphatic heterocycles. The molecule has 0 aromatic heterocycles. The van der Waals surface area contributed by atoms with Crippen molar-refractivity contribution >= 4 is 6.09 Å². The minimum absolute atomic E-state index is 0.0127. The molecule has 5 nitrogen and oxygen atoms in total. The third-order valence-electron chi connectivity index (χ3n) is 5.31. The van der Waals surface area contributed by atoms with Crippen molar-refractivity contribution in [3.05, 3.63) is 108 Å². The Morgan fingerprint density at radius 2 is 1.58 bits per heavy atom. The summed E-state index contributed by atoms with van der Waals surface area (Å²) in [5.41, 5.74) is 1.95. The Hall–Kier alpha value is -3.57. The molecule has 1 N–H and O–H groups in total. The van der Waals surface area contributed by atoms with Gasteiger partial charge in [-0.05, 0) is 48.2 Å². The second kappa shape index (κ2) is 9.96. The number of hydrogen-bond acceptors (Lipinski definition) is 4. The van der Waals surface area contributed by atoms with Crippen LogP contribution < -0.4 is 4.74 Å². The maximum atomic E-state index is 12.4. The molecule has 0 saturated carbocycles. The number of carbonyl (C=O) groups is 1. The normalized spacial score (nSPS) is 17.3. The number of para-hydroxylation sites is 1. The molecule has 1 aliphatic rings. The average molecular weight is 415 g/mol. The molecule has 0 spiro atoms. The summed E-state index contributed by atoms with van der Waals surface area (Å²) in [5.74, 6) is 1.52. The van der Waals surface area contributed by atoms with E-state index in [2.05, 4.69) is 0 Å². The van der Waals surface area contributed by atoms with E-state index in [4.69, 9.17) is 9.47 Å². The fourth-order valence-corrected chi connectivity index (χ4v) is 3.73. The van der Waals surface area contributed by atoms with Crippen LogP contribution in [-0.4, -0.2) is 22.4 Å². The minimum atomic E-state index is -0.733. The van der Waals surface area contributed by atoms with Gasteiger partial charge in [0.05, 0.1) is 6.04 Å². The topological polar surface area (TPSA) is 59.0 Å². The number of carbonyl (C=O) groups excluding carboxylic acids is 1. The van der Waals surface area contributed by atoms with Crippen molar-refractivity contribution in [3.8, 4) is 11.5 Å². The van der Waals surface area contributed by atoms with Gasteiger partial charge >= 0.3 is 6.09 Å². The lowest BCUT2D eigenvalue weighted by atomic mass is 9.94. The van der Waals surface area contributed by atoms with Crippen LogP contribution in [0.15, 0.2) is 97.1 Å². The van der Waals surface area contributed by atoms with Crippen LogP contribution in [0, 0.1) is 5.92 Å². The van der Waals surface area contributed by atoms with Gasteiger partial charge in [-0.25, -0.2) is 4.79 Å². The predicted molar refractivity (Wildman–Crippen MR) is 118 cm³/mol. The van der Waals surface area contributed by atoms with E-state index in [1.54, 1.807) is 0 Å². The number of nitrogens with zero attached hydrogens (tertiary/aromatic N) is 1. The molecule has 3 aromatic rings. The maximum absolute atomic E-state index is 12.4. The maximum Gasteiger partial charge on any atom is 0.434 e. The van der Waals surface area contributed by atoms with Crippen LogP contribution in [-0.2, 0) is 17.8 Å². The van der Waals surface area contributed by atoms with Crippen LogP contribution in [0.5, 0.6) is 11.5 Å². The zero-order valence-corrected chi connectivity index (χ0v) is 17.1. The zero-order chi connectivity index (χ0) is 21.5. The van der Waals surface area contributed by atoms with Crippen LogP contribution in [0.1, 0.15) is 17.5 Å². The molecule has 0 unspecified atom stereocenters. The van der Waals surface area contributed by atoms with E-state index in [1.165, 1.54) is 0 Å². The predicted octanol–water partition coefficient (Wildman–Crippen LogP) is 5.99. The smallest absolute Gasteiger partial charge is 0.434 e. The first-order valence-electron chi connectivity index (χ1n) is 10.4. The van der Waals surface area contributed by atoms with Crippen molar-refractivity contribution in [1.82, 2.24) is 5.06 Å². The van der Waals surface area contributed by atoms with Gasteiger partial charge in [0.2, 0.25) is 0 Å². The summed E-state index contributed by atoms with van der Waals surface area (Å²) in [5, 5.41) is 11.2. The summed E-state index contributed by atoms with van der Waals surface area (Å²) in [4.78, 5) is 12.4. The Morgan fingerprint density at radius 3 is 2.35 bits per heavy atom. The standard InChI is InChI=1S/C26H25NO4/c28-26(30-19-20-9-3-1-4-10-20)27(29)25-16-8-12-22(25)17-21-11-7-15-24(18-21)31-23-13-5-2-6-14-23/h1-15,18,22,25,29H,16-17,19H2/t22-,25+/m1/s1. The van der Waals surface area contributed by atoms with Crippen LogP contribution >= 0.6 is 0 Å². The van der Waals surface area contributed by atoms with Gasteiger partial charge in [-0.2, -0.15) is 5.06 Å². The summed E-state index contributed by atoms with van der Waals surface area (Å²) in [6, 6.07) is 26.6. The van der Waals surface area contributed by atoms with Gasteiger partial charge in [0.25, 0.3) is 0 Å². The number of rotatable bonds is 7. The molecule has 0 heterocycles. The molecule has 0 radical (unpaired) electrons. The summed E-state index contributed by atoms with van der Waals surface area (Å²) < 4.78 is 11.2. The SMILES string of the molecule is O=C(OCc1ccccc1)N(O)[C@H]1CC=C[C@@H]1Cc1cccc(Oc2ccccc2)c1. The first-order valence-corrected chi connectivity index (χ1v) is 10.4. The quantitative estimate of drug-likeness (QED) is 0.292. The van der Waals surface area contributed by atoms with E-state index >= 15 is 0 Å². The van der Waals surface area contributed by atoms with Crippen molar-refractivity contribution in [1.29, 1.82) is 0 Å². The highest BCUT2D eigenvalue weighted by Crippen LogP contribution is 2.29. The van der Waals surface area contributed by atoms with Crippen molar-refractivity contribution in [2.45, 2.75) is 25.5 Å². The Kier molecular flexibility index (Phi) is 6.65. The molecule has 0 bridgehead atoms. The van der Waals surface area contributed by atoms with Crippen molar-refractivity contribution in [3.63, 3.8) is 0 Å². The number of hydrogen-bond donors (Lipinski definition) is 1. The van der Waals surface area contributed by atoms with Crippen molar-refractivity contribution in [2.75, 3.05) is 0 Å². The third kappa shape index (κ3) is 5.53. The van der Waals surface area contributed by atoms with Gasteiger partial charge in [0, 0.05) is 5.92 Å². The molecule has 1 amide bonds. The zero-order valence-electron chi connectivity index (χ0n) is 17.1. The minimum Gasteiger partial charge on any atom is -0.457 e. The Labute approximate surface area is 182 Å². The molecule has 2 atom stereocenters. The van der Waals surface area contributed by atoms with Gasteiger partial charge in [0.1, 0.15) is 18.1 Å². The molecular formula is C26H25NO4. The van der Waals surface area contributed by atoms with Gasteiger partial charge in [-0.3, -0.25) is 5.21 Å². The second-order valence-corrected chi connectivity index (χ2v) is 7.55. The fourth-order valence-electron chi connectivity index (χ4n) is 3.73. The van der Waals surface area contributed by atoms with E-state index in [9.17, 15) is 10.0 Å². The lowest BCUT2D eigenvalue weighted by Crippen LogP contribution is -2.41. The molecule has 1 aliphatic carbocycles. The molecular weight excluding hydrogens is 390 g/mol. The molecule has 4 rings (SSSR count). The van der Waals surface area contributed by atoms with E-state index in [1.807, 2.05) is 97.1 Å². The van der Waals surface area contributed by atoms with E-state index in [-0.39, 0.29) is 18.6 Å². The van der Waals surface area contributed by atoms with E-state index in [0.717, 1.165) is 27.7 Å². The van der Waals surface area contributed by atoms with Gasteiger partial charge in [-0.15, -0.1) is 0 Å². The summed E-state index contributed by atoms with van der Waals surface area (Å²) in [7, 11) is 0. The summed E-state index contributed by atoms with van der Waals surface area (Å²) in [6.45, 7) is 0.125. The monoisotopic (exact) mass is 415 g/mol. The Bertz CT molecular complexity index is 1020. The molecule has 158 valence electrons. The first-order chi connectivity index (χ1) is 15.2. The molecule has 31 heavy (non-hydrogen) atoms. The third-order valence-corrected chi connectivity index (χ3v) is 5.31. The van der Waals surface area contributed by atoms with Gasteiger partial charge in [-0.1, -0.05) is 72.8 Å². The van der Waals surface area contributed by atoms with E-state index < -0.39 is 6.09 Å². The molecule has 5 heteroatoms. The number of hydroxylamine groups is 2. The van der Waals surface area contributed by atoms with Gasteiger partial charge < -0.3 is 9.47 Å². The Morgan fingerprint density at radius 1 is 0.903 bits per heavy atom. The number of amides is 1. The highest BCUT2D eigenvalue weighted by atomic mass is 16.6. The van der Waals surface area contributed by atoms with Crippen LogP contribution in [0.4, 0.5) is 4.79 Å². The van der Waals surface area contributed by atoms with Crippen LogP contribution in [0.25, 0.3) is 0 Å². The van der Waals surface area contributed by atoms with Crippen LogP contribution in [0.3, 0.4) is 0 Å². The van der Waals surface area contributed by atoms with Crippen molar-refractivity contribution in [2.24, 2.45) is 5.92 Å².